The number of hydrogen-bond acceptors (Lipinski definition) is 3. The third-order valence-electron chi connectivity index (χ3n) is 2.41. The summed E-state index contributed by atoms with van der Waals surface area (Å²) in [7, 11) is -3.75. The van der Waals surface area contributed by atoms with Crippen LogP contribution in [0.25, 0.3) is 0 Å². The summed E-state index contributed by atoms with van der Waals surface area (Å²) in [6, 6.07) is 4.90. The Kier molecular flexibility index (Phi) is 3.63. The van der Waals surface area contributed by atoms with Gasteiger partial charge in [0.2, 0.25) is 15.5 Å². The molecule has 0 radical (unpaired) electrons. The lowest BCUT2D eigenvalue weighted by molar-refractivity contribution is 0.572. The topological polar surface area (TPSA) is 84.0 Å². The zero-order valence-corrected chi connectivity index (χ0v) is 10.4. The van der Waals surface area contributed by atoms with E-state index < -0.39 is 15.5 Å². The number of sulfonamides is 1. The Morgan fingerprint density at radius 3 is 2.67 bits per heavy atom. The van der Waals surface area contributed by atoms with Gasteiger partial charge in [-0.05, 0) is 12.1 Å². The molecule has 2 N–H and O–H groups in total. The zero-order chi connectivity index (χ0) is 13.0. The molecule has 96 valence electrons. The molecule has 0 bridgehead atoms. The van der Waals surface area contributed by atoms with Crippen molar-refractivity contribution in [1.82, 2.24) is 14.3 Å². The fourth-order valence-corrected chi connectivity index (χ4v) is 2.59. The molecule has 0 aromatic carbocycles. The Labute approximate surface area is 104 Å². The molecule has 0 aliphatic carbocycles. The smallest absolute Gasteiger partial charge is 0.245 e. The molecule has 0 spiro atoms. The molecular weight excluding hydrogens is 254 g/mol. The molecule has 0 fully saturated rings. The van der Waals surface area contributed by atoms with E-state index in [2.05, 4.69) is 9.71 Å². The van der Waals surface area contributed by atoms with Crippen LogP contribution < -0.4 is 10.2 Å². The molecule has 0 atom stereocenters. The Morgan fingerprint density at radius 1 is 1.28 bits per heavy atom. The van der Waals surface area contributed by atoms with Crippen molar-refractivity contribution in [2.45, 2.75) is 11.4 Å². The van der Waals surface area contributed by atoms with Crippen LogP contribution in [0.15, 0.2) is 52.7 Å². The maximum Gasteiger partial charge on any atom is 0.245 e. The average Bonchev–Trinajstić information content (AvgIpc) is 2.82. The van der Waals surface area contributed by atoms with E-state index in [9.17, 15) is 13.2 Å². The van der Waals surface area contributed by atoms with Crippen LogP contribution in [0.5, 0.6) is 0 Å². The van der Waals surface area contributed by atoms with Crippen LogP contribution in [0.3, 0.4) is 0 Å². The maximum atomic E-state index is 11.8. The van der Waals surface area contributed by atoms with Crippen molar-refractivity contribution < 1.29 is 8.42 Å². The molecule has 6 nitrogen and oxygen atoms in total. The summed E-state index contributed by atoms with van der Waals surface area (Å²) in [6.45, 7) is 0.738. The number of H-pyrrole nitrogens is 1. The molecule has 18 heavy (non-hydrogen) atoms. The van der Waals surface area contributed by atoms with Gasteiger partial charge in [0.05, 0.1) is 0 Å². The highest BCUT2D eigenvalue weighted by Crippen LogP contribution is 1.99. The molecule has 2 heterocycles. The molecule has 2 rings (SSSR count). The summed E-state index contributed by atoms with van der Waals surface area (Å²) in [5.41, 5.74) is -0.526. The Balaban J connectivity index is 2.04. The van der Waals surface area contributed by atoms with Crippen molar-refractivity contribution in [2.24, 2.45) is 0 Å². The highest BCUT2D eigenvalue weighted by Gasteiger charge is 2.16. The van der Waals surface area contributed by atoms with E-state index >= 15 is 0 Å². The van der Waals surface area contributed by atoms with Crippen molar-refractivity contribution in [3.05, 3.63) is 53.2 Å². The van der Waals surface area contributed by atoms with Crippen LogP contribution in [0.4, 0.5) is 0 Å². The van der Waals surface area contributed by atoms with Gasteiger partial charge in [-0.2, -0.15) is 0 Å². The standard InChI is InChI=1S/C11H13N3O3S/c15-10-3-4-12-9-11(10)18(16,17)13-5-8-14-6-1-2-7-14/h1-4,6-7,9,13H,5,8H2,(H,12,15). The van der Waals surface area contributed by atoms with Gasteiger partial charge in [0.15, 0.2) is 0 Å². The van der Waals surface area contributed by atoms with Gasteiger partial charge in [-0.25, -0.2) is 13.1 Å². The summed E-state index contributed by atoms with van der Waals surface area (Å²) in [5, 5.41) is 0. The normalized spacial score (nSPS) is 11.6. The molecule has 0 unspecified atom stereocenters. The minimum absolute atomic E-state index is 0.228. The van der Waals surface area contributed by atoms with E-state index in [1.54, 1.807) is 0 Å². The molecule has 0 saturated carbocycles. The highest BCUT2D eigenvalue weighted by atomic mass is 32.2. The van der Waals surface area contributed by atoms with Crippen molar-refractivity contribution in [3.8, 4) is 0 Å². The first-order valence-electron chi connectivity index (χ1n) is 5.37. The number of rotatable bonds is 5. The van der Waals surface area contributed by atoms with Gasteiger partial charge in [-0.15, -0.1) is 0 Å². The molecule has 0 aliphatic heterocycles. The van der Waals surface area contributed by atoms with E-state index in [-0.39, 0.29) is 11.4 Å². The largest absolute Gasteiger partial charge is 0.366 e. The van der Waals surface area contributed by atoms with Gasteiger partial charge in [-0.1, -0.05) is 0 Å². The Hall–Kier alpha value is -1.86. The fraction of sp³-hybridized carbons (Fsp3) is 0.182. The minimum Gasteiger partial charge on any atom is -0.366 e. The molecular formula is C11H13N3O3S. The Bertz CT molecular complexity index is 659. The molecule has 0 amide bonds. The second kappa shape index (κ2) is 5.19. The van der Waals surface area contributed by atoms with Gasteiger partial charge < -0.3 is 9.55 Å². The number of nitrogens with zero attached hydrogens (tertiary/aromatic N) is 1. The fourth-order valence-electron chi connectivity index (χ4n) is 1.52. The van der Waals surface area contributed by atoms with E-state index in [1.165, 1.54) is 18.5 Å². The second-order valence-electron chi connectivity index (χ2n) is 3.69. The summed E-state index contributed by atoms with van der Waals surface area (Å²) >= 11 is 0. The SMILES string of the molecule is O=c1cc[nH]cc1S(=O)(=O)NCCn1cccc1. The van der Waals surface area contributed by atoms with E-state index in [0.29, 0.717) is 6.54 Å². The minimum atomic E-state index is -3.75. The van der Waals surface area contributed by atoms with Crippen LogP contribution in [-0.2, 0) is 16.6 Å². The summed E-state index contributed by atoms with van der Waals surface area (Å²) < 4.78 is 27.9. The predicted octanol–water partition coefficient (Wildman–Crippen LogP) is 0.155. The van der Waals surface area contributed by atoms with Crippen LogP contribution in [0.1, 0.15) is 0 Å². The number of nitrogens with one attached hydrogen (secondary N) is 2. The van der Waals surface area contributed by atoms with Crippen molar-refractivity contribution >= 4 is 10.0 Å². The molecule has 2 aromatic heterocycles. The van der Waals surface area contributed by atoms with E-state index in [1.807, 2.05) is 29.1 Å². The molecule has 0 saturated heterocycles. The maximum absolute atomic E-state index is 11.8. The number of aromatic nitrogens is 2. The second-order valence-corrected chi connectivity index (χ2v) is 5.43. The van der Waals surface area contributed by atoms with Gasteiger partial charge >= 0.3 is 0 Å². The molecule has 0 aliphatic rings. The van der Waals surface area contributed by atoms with Gasteiger partial charge in [0.25, 0.3) is 0 Å². The number of aromatic amines is 1. The predicted molar refractivity (Wildman–Crippen MR) is 66.7 cm³/mol. The number of pyridine rings is 1. The van der Waals surface area contributed by atoms with Crippen LogP contribution in [0.2, 0.25) is 0 Å². The van der Waals surface area contributed by atoms with Gasteiger partial charge in [0.1, 0.15) is 4.90 Å². The quantitative estimate of drug-likeness (QED) is 0.809. The Morgan fingerprint density at radius 2 is 2.00 bits per heavy atom. The highest BCUT2D eigenvalue weighted by molar-refractivity contribution is 7.89. The lowest BCUT2D eigenvalue weighted by Gasteiger charge is -2.06. The van der Waals surface area contributed by atoms with Gasteiger partial charge in [-0.3, -0.25) is 4.79 Å². The lowest BCUT2D eigenvalue weighted by atomic mass is 10.5. The van der Waals surface area contributed by atoms with Crippen molar-refractivity contribution in [3.63, 3.8) is 0 Å². The first-order chi connectivity index (χ1) is 8.59. The third kappa shape index (κ3) is 2.88. The van der Waals surface area contributed by atoms with Crippen molar-refractivity contribution in [2.75, 3.05) is 6.54 Å². The number of hydrogen-bond donors (Lipinski definition) is 2. The summed E-state index contributed by atoms with van der Waals surface area (Å²) in [6.07, 6.45) is 6.24. The molecule has 2 aromatic rings. The zero-order valence-electron chi connectivity index (χ0n) is 9.54. The van der Waals surface area contributed by atoms with Crippen molar-refractivity contribution in [1.29, 1.82) is 0 Å². The molecule has 7 heteroatoms. The lowest BCUT2D eigenvalue weighted by Crippen LogP contribution is -2.30. The first-order valence-corrected chi connectivity index (χ1v) is 6.85. The van der Waals surface area contributed by atoms with Gasteiger partial charge in [0, 0.05) is 43.9 Å². The third-order valence-corrected chi connectivity index (χ3v) is 3.89. The summed E-state index contributed by atoms with van der Waals surface area (Å²) in [5.74, 6) is 0. The van der Waals surface area contributed by atoms with Crippen LogP contribution in [-0.4, -0.2) is 24.5 Å². The van der Waals surface area contributed by atoms with E-state index in [0.717, 1.165) is 0 Å². The monoisotopic (exact) mass is 267 g/mol. The first kappa shape index (κ1) is 12.6. The van der Waals surface area contributed by atoms with Crippen LogP contribution >= 0.6 is 0 Å². The summed E-state index contributed by atoms with van der Waals surface area (Å²) in [4.78, 5) is 13.7. The van der Waals surface area contributed by atoms with E-state index in [4.69, 9.17) is 0 Å². The average molecular weight is 267 g/mol. The van der Waals surface area contributed by atoms with Crippen LogP contribution in [0, 0.1) is 0 Å².